The molecule has 1 atom stereocenters. The van der Waals surface area contributed by atoms with Crippen LogP contribution in [0, 0.1) is 18.2 Å². The summed E-state index contributed by atoms with van der Waals surface area (Å²) in [7, 11) is 1.51. The van der Waals surface area contributed by atoms with Crippen molar-refractivity contribution in [2.45, 2.75) is 19.9 Å². The Morgan fingerprint density at radius 1 is 1.28 bits per heavy atom. The Labute approximate surface area is 213 Å². The van der Waals surface area contributed by atoms with Crippen molar-refractivity contribution in [3.05, 3.63) is 99.9 Å². The van der Waals surface area contributed by atoms with Crippen molar-refractivity contribution >= 4 is 35.1 Å². The Morgan fingerprint density at radius 3 is 2.78 bits per heavy atom. The summed E-state index contributed by atoms with van der Waals surface area (Å²) in [6.45, 7) is 3.71. The van der Waals surface area contributed by atoms with E-state index in [-0.39, 0.29) is 16.5 Å². The second kappa shape index (κ2) is 10.6. The quantitative estimate of drug-likeness (QED) is 0.275. The molecule has 0 saturated heterocycles. The van der Waals surface area contributed by atoms with E-state index in [1.807, 2.05) is 44.2 Å². The van der Waals surface area contributed by atoms with Crippen molar-refractivity contribution in [1.82, 2.24) is 25.4 Å². The molecule has 1 aliphatic rings. The van der Waals surface area contributed by atoms with E-state index in [2.05, 4.69) is 20.9 Å². The minimum atomic E-state index is -0.480. The molecule has 1 aromatic carbocycles. The lowest BCUT2D eigenvalue weighted by atomic mass is 10.0. The maximum absolute atomic E-state index is 14.6. The number of aryl methyl sites for hydroxylation is 1. The van der Waals surface area contributed by atoms with Crippen LogP contribution >= 0.6 is 11.6 Å². The average Bonchev–Trinajstić information content (AvgIpc) is 3.30. The number of anilines is 1. The van der Waals surface area contributed by atoms with Crippen LogP contribution in [0.2, 0.25) is 5.02 Å². The number of hydrogen-bond acceptors (Lipinski definition) is 6. The summed E-state index contributed by atoms with van der Waals surface area (Å²) in [5.74, 6) is 0.229. The van der Waals surface area contributed by atoms with Crippen LogP contribution < -0.4 is 16.0 Å². The normalized spacial score (nSPS) is 15.0. The van der Waals surface area contributed by atoms with E-state index in [1.54, 1.807) is 29.1 Å². The topological polar surface area (TPSA) is 108 Å². The first-order valence-electron chi connectivity index (χ1n) is 11.2. The molecule has 0 radical (unpaired) electrons. The molecular weight excluding hydrogens is 481 g/mol. The first-order valence-corrected chi connectivity index (χ1v) is 11.6. The van der Waals surface area contributed by atoms with Gasteiger partial charge in [0.05, 0.1) is 28.0 Å². The number of benzene rings is 1. The first-order chi connectivity index (χ1) is 17.3. The smallest absolute Gasteiger partial charge is 0.254 e. The van der Waals surface area contributed by atoms with Crippen molar-refractivity contribution in [2.75, 3.05) is 12.4 Å². The summed E-state index contributed by atoms with van der Waals surface area (Å²) in [5.41, 5.74) is 3.31. The highest BCUT2D eigenvalue weighted by molar-refractivity contribution is 6.30. The van der Waals surface area contributed by atoms with E-state index in [1.165, 1.54) is 13.1 Å². The zero-order valence-corrected chi connectivity index (χ0v) is 20.7. The molecular formula is C26H25ClFN7O. The highest BCUT2D eigenvalue weighted by Gasteiger charge is 2.20. The number of pyridine rings is 1. The van der Waals surface area contributed by atoms with Gasteiger partial charge < -0.3 is 21.4 Å². The summed E-state index contributed by atoms with van der Waals surface area (Å²) in [6, 6.07) is 11.9. The van der Waals surface area contributed by atoms with Crippen LogP contribution in [-0.4, -0.2) is 33.9 Å². The molecule has 0 aliphatic carbocycles. The van der Waals surface area contributed by atoms with E-state index in [0.717, 1.165) is 17.5 Å². The summed E-state index contributed by atoms with van der Waals surface area (Å²) in [6.07, 6.45) is 6.29. The molecule has 36 heavy (non-hydrogen) atoms. The van der Waals surface area contributed by atoms with Gasteiger partial charge in [0.25, 0.3) is 5.91 Å². The van der Waals surface area contributed by atoms with Crippen LogP contribution in [0.15, 0.2) is 72.1 Å². The molecule has 4 N–H and O–H groups in total. The van der Waals surface area contributed by atoms with Gasteiger partial charge >= 0.3 is 0 Å². The number of amides is 1. The number of nitrogens with zero attached hydrogens (tertiary/aromatic N) is 3. The zero-order valence-electron chi connectivity index (χ0n) is 19.9. The third kappa shape index (κ3) is 5.06. The van der Waals surface area contributed by atoms with Crippen LogP contribution in [0.1, 0.15) is 29.9 Å². The predicted molar refractivity (Wildman–Crippen MR) is 140 cm³/mol. The Hall–Kier alpha value is -4.24. The van der Waals surface area contributed by atoms with E-state index < -0.39 is 11.9 Å². The number of nitrogens with one attached hydrogen (secondary N) is 4. The van der Waals surface area contributed by atoms with Crippen LogP contribution in [0.4, 0.5) is 10.2 Å². The zero-order chi connectivity index (χ0) is 25.8. The van der Waals surface area contributed by atoms with E-state index >= 15 is 0 Å². The predicted octanol–water partition coefficient (Wildman–Crippen LogP) is 4.69. The van der Waals surface area contributed by atoms with Crippen LogP contribution in [0.5, 0.6) is 0 Å². The molecule has 0 saturated carbocycles. The molecule has 2 aromatic heterocycles. The van der Waals surface area contributed by atoms with Gasteiger partial charge in [0, 0.05) is 42.4 Å². The average molecular weight is 506 g/mol. The molecule has 4 rings (SSSR count). The molecule has 0 spiro atoms. The van der Waals surface area contributed by atoms with E-state index in [0.29, 0.717) is 28.6 Å². The molecule has 8 nitrogen and oxygen atoms in total. The first kappa shape index (κ1) is 24.9. The maximum atomic E-state index is 14.6. The van der Waals surface area contributed by atoms with Gasteiger partial charge in [-0.3, -0.25) is 4.79 Å². The molecule has 1 unspecified atom stereocenters. The summed E-state index contributed by atoms with van der Waals surface area (Å²) in [4.78, 5) is 16.8. The van der Waals surface area contributed by atoms with Crippen LogP contribution in [-0.2, 0) is 4.79 Å². The fourth-order valence-electron chi connectivity index (χ4n) is 3.81. The summed E-state index contributed by atoms with van der Waals surface area (Å²) < 4.78 is 16.3. The number of dihydropyridines is 1. The van der Waals surface area contributed by atoms with Crippen molar-refractivity contribution < 1.29 is 9.18 Å². The lowest BCUT2D eigenvalue weighted by Gasteiger charge is -2.15. The monoisotopic (exact) mass is 505 g/mol. The van der Waals surface area contributed by atoms with Gasteiger partial charge in [-0.25, -0.2) is 14.1 Å². The van der Waals surface area contributed by atoms with Crippen LogP contribution in [0.25, 0.3) is 11.4 Å². The number of aromatic nitrogens is 3. The number of halogens is 2. The number of carbonyl (C=O) groups is 1. The van der Waals surface area contributed by atoms with Gasteiger partial charge in [-0.15, -0.1) is 5.10 Å². The molecule has 0 bridgehead atoms. The number of hydrogen-bond donors (Lipinski definition) is 4. The lowest BCUT2D eigenvalue weighted by molar-refractivity contribution is -0.116. The van der Waals surface area contributed by atoms with Crippen molar-refractivity contribution in [1.29, 1.82) is 5.41 Å². The number of likely N-dealkylation sites (N-methyl/N-ethyl adjacent to an activating group) is 1. The van der Waals surface area contributed by atoms with Gasteiger partial charge in [-0.05, 0) is 44.2 Å². The number of allylic oxidation sites excluding steroid dienone is 3. The largest absolute Gasteiger partial charge is 0.362 e. The highest BCUT2D eigenvalue weighted by Crippen LogP contribution is 2.29. The molecule has 3 aromatic rings. The maximum Gasteiger partial charge on any atom is 0.254 e. The minimum Gasteiger partial charge on any atom is -0.362 e. The fraction of sp³-hybridized carbons (Fsp3) is 0.154. The summed E-state index contributed by atoms with van der Waals surface area (Å²) >= 11 is 5.97. The minimum absolute atomic E-state index is 0.0544. The second-order valence-corrected chi connectivity index (χ2v) is 8.51. The number of rotatable bonds is 7. The Kier molecular flexibility index (Phi) is 7.30. The molecule has 1 amide bonds. The Bertz CT molecular complexity index is 1420. The van der Waals surface area contributed by atoms with E-state index in [9.17, 15) is 9.18 Å². The standard InChI is InChI=1S/C26H25ClFN7O/c1-15-6-4-9-24(32-15)35-22(17-10-11-31-21(12-17)19(14-29)26(36)30-3)13-23(34-35)33-16(2)18-7-5-8-20(27)25(18)28/h4-14,16,29,31H,1-3H3,(H,30,36)(H,33,34)/b21-19+,29-14?. The van der Waals surface area contributed by atoms with E-state index in [4.69, 9.17) is 22.1 Å². The fourth-order valence-corrected chi connectivity index (χ4v) is 4.00. The van der Waals surface area contributed by atoms with Crippen molar-refractivity contribution in [3.8, 4) is 5.82 Å². The lowest BCUT2D eigenvalue weighted by Crippen LogP contribution is -2.25. The second-order valence-electron chi connectivity index (χ2n) is 8.10. The van der Waals surface area contributed by atoms with Gasteiger partial charge in [0.1, 0.15) is 11.6 Å². The molecule has 184 valence electrons. The molecule has 0 fully saturated rings. The highest BCUT2D eigenvalue weighted by atomic mass is 35.5. The molecule has 1 aliphatic heterocycles. The third-order valence-electron chi connectivity index (χ3n) is 5.62. The Balaban J connectivity index is 1.80. The van der Waals surface area contributed by atoms with Crippen molar-refractivity contribution in [3.63, 3.8) is 0 Å². The number of carbonyl (C=O) groups excluding carboxylic acids is 1. The third-order valence-corrected chi connectivity index (χ3v) is 5.91. The summed E-state index contributed by atoms with van der Waals surface area (Å²) in [5, 5.41) is 21.3. The van der Waals surface area contributed by atoms with Gasteiger partial charge in [0.2, 0.25) is 0 Å². The van der Waals surface area contributed by atoms with Gasteiger partial charge in [-0.1, -0.05) is 29.8 Å². The van der Waals surface area contributed by atoms with Crippen molar-refractivity contribution in [2.24, 2.45) is 0 Å². The Morgan fingerprint density at radius 2 is 2.06 bits per heavy atom. The van der Waals surface area contributed by atoms with Gasteiger partial charge in [0.15, 0.2) is 5.82 Å². The molecule has 10 heteroatoms. The van der Waals surface area contributed by atoms with Gasteiger partial charge in [-0.2, -0.15) is 0 Å². The SMILES string of the molecule is CNC(=O)/C(C=N)=C1\C=C(c2cc(NC(C)c3cccc(Cl)c3F)nn2-c2cccc(C)n2)C=CN1. The molecule has 3 heterocycles. The van der Waals surface area contributed by atoms with Crippen LogP contribution in [0.3, 0.4) is 0 Å².